The molecular weight excluding hydrogens is 812 g/mol. The molecular formula is C39H34F8N8O5. The van der Waals surface area contributed by atoms with Gasteiger partial charge >= 0.3 is 24.4 Å². The second kappa shape index (κ2) is 15.5. The Morgan fingerprint density at radius 1 is 0.700 bits per heavy atom. The third-order valence-electron chi connectivity index (χ3n) is 8.98. The topological polar surface area (TPSA) is 148 Å². The number of aromatic carboxylic acids is 1. The second-order valence-electron chi connectivity index (χ2n) is 15.2. The van der Waals surface area contributed by atoms with Gasteiger partial charge in [0.05, 0.1) is 29.3 Å². The molecule has 21 heteroatoms. The fourth-order valence-electron chi connectivity index (χ4n) is 6.25. The van der Waals surface area contributed by atoms with Gasteiger partial charge in [0.2, 0.25) is 0 Å². The maximum absolute atomic E-state index is 13.9. The van der Waals surface area contributed by atoms with Crippen molar-refractivity contribution in [3.8, 4) is 22.5 Å². The van der Waals surface area contributed by atoms with Crippen molar-refractivity contribution in [3.63, 3.8) is 0 Å². The van der Waals surface area contributed by atoms with Crippen LogP contribution in [0.25, 0.3) is 33.8 Å². The van der Waals surface area contributed by atoms with Crippen LogP contribution >= 0.6 is 0 Å². The third-order valence-corrected chi connectivity index (χ3v) is 8.98. The maximum atomic E-state index is 13.9. The maximum Gasteiger partial charge on any atom is 0.420 e. The molecule has 1 aliphatic heterocycles. The number of carbonyl (C=O) groups excluding carboxylic acids is 2. The molecule has 1 saturated heterocycles. The fourth-order valence-corrected chi connectivity index (χ4v) is 6.25. The molecule has 2 amide bonds. The Bertz CT molecular complexity index is 2600. The van der Waals surface area contributed by atoms with Gasteiger partial charge in [-0.25, -0.2) is 37.4 Å². The molecule has 1 N–H and O–H groups in total. The number of halogens is 8. The number of carbonyl (C=O) groups is 3. The number of benzene rings is 2. The molecule has 316 valence electrons. The number of aromatic nitrogens is 6. The van der Waals surface area contributed by atoms with Crippen LogP contribution in [0.2, 0.25) is 0 Å². The number of hydrogen-bond donors (Lipinski definition) is 1. The molecule has 6 aromatic rings. The van der Waals surface area contributed by atoms with E-state index >= 15 is 0 Å². The number of carboxylic acids is 1. The lowest BCUT2D eigenvalue weighted by Crippen LogP contribution is -2.62. The van der Waals surface area contributed by atoms with Crippen molar-refractivity contribution in [1.82, 2.24) is 39.0 Å². The van der Waals surface area contributed by atoms with E-state index in [0.717, 1.165) is 57.8 Å². The van der Waals surface area contributed by atoms with E-state index in [-0.39, 0.29) is 47.8 Å². The SMILES string of the molecule is CC(C)(C)OC(=O)N1CCN(C(=O)c2cn3nc(-c4ccc(F)cc4)cc(C(F)(F)F)c3n2)C(C)(C)C1.O=C(O)c1cn2nc(-c3ccc(F)cc3)cc(C(F)(F)F)c2n1. The van der Waals surface area contributed by atoms with Crippen LogP contribution in [0.3, 0.4) is 0 Å². The molecule has 4 aromatic heterocycles. The predicted octanol–water partition coefficient (Wildman–Crippen LogP) is 8.28. The van der Waals surface area contributed by atoms with Gasteiger partial charge in [-0.3, -0.25) is 4.79 Å². The Morgan fingerprint density at radius 2 is 1.13 bits per heavy atom. The zero-order valence-electron chi connectivity index (χ0n) is 32.2. The summed E-state index contributed by atoms with van der Waals surface area (Å²) in [5.74, 6) is -3.13. The summed E-state index contributed by atoms with van der Waals surface area (Å²) in [5, 5.41) is 17.0. The van der Waals surface area contributed by atoms with Crippen LogP contribution in [0.4, 0.5) is 39.9 Å². The summed E-state index contributed by atoms with van der Waals surface area (Å²) in [5.41, 5.74) is -5.24. The van der Waals surface area contributed by atoms with Crippen molar-refractivity contribution >= 4 is 29.3 Å². The zero-order valence-corrected chi connectivity index (χ0v) is 32.2. The molecule has 2 aromatic carbocycles. The van der Waals surface area contributed by atoms with Gasteiger partial charge in [0.25, 0.3) is 5.91 Å². The normalized spacial score (nSPS) is 14.6. The van der Waals surface area contributed by atoms with Gasteiger partial charge < -0.3 is 19.6 Å². The second-order valence-corrected chi connectivity index (χ2v) is 15.2. The van der Waals surface area contributed by atoms with E-state index in [1.165, 1.54) is 34.1 Å². The first kappa shape index (κ1) is 42.9. The van der Waals surface area contributed by atoms with Gasteiger partial charge in [0.1, 0.15) is 34.1 Å². The van der Waals surface area contributed by atoms with E-state index in [1.807, 2.05) is 0 Å². The average molecular weight is 847 g/mol. The number of amides is 2. The smallest absolute Gasteiger partial charge is 0.420 e. The number of rotatable bonds is 4. The Labute approximate surface area is 334 Å². The molecule has 0 atom stereocenters. The Balaban J connectivity index is 0.000000224. The number of carboxylic acid groups (broad SMARTS) is 1. The van der Waals surface area contributed by atoms with Crippen LogP contribution in [0.1, 0.15) is 66.7 Å². The van der Waals surface area contributed by atoms with Crippen LogP contribution in [-0.4, -0.2) is 92.8 Å². The van der Waals surface area contributed by atoms with Crippen LogP contribution in [0.5, 0.6) is 0 Å². The van der Waals surface area contributed by atoms with E-state index in [4.69, 9.17) is 9.84 Å². The van der Waals surface area contributed by atoms with Crippen molar-refractivity contribution in [2.75, 3.05) is 19.6 Å². The molecule has 0 radical (unpaired) electrons. The largest absolute Gasteiger partial charge is 0.476 e. The van der Waals surface area contributed by atoms with E-state index in [0.29, 0.717) is 0 Å². The van der Waals surface area contributed by atoms with Crippen LogP contribution in [0.15, 0.2) is 73.1 Å². The van der Waals surface area contributed by atoms with Gasteiger partial charge in [0, 0.05) is 30.8 Å². The molecule has 0 aliphatic carbocycles. The van der Waals surface area contributed by atoms with Crippen LogP contribution < -0.4 is 0 Å². The summed E-state index contributed by atoms with van der Waals surface area (Å²) in [6, 6.07) is 11.2. The molecule has 0 unspecified atom stereocenters. The van der Waals surface area contributed by atoms with Gasteiger partial charge in [-0.05, 0) is 95.3 Å². The highest BCUT2D eigenvalue weighted by Gasteiger charge is 2.42. The number of fused-ring (bicyclic) bond motifs is 2. The first-order chi connectivity index (χ1) is 27.8. The number of imidazole rings is 2. The standard InChI is InChI=1S/C25H27F4N5O3.C14H7F4N3O2/c1-23(2,3)37-22(36)32-10-11-33(24(4,5)14-32)21(35)19-13-34-20(30-19)17(25(27,28)29)12-18(31-34)15-6-8-16(26)9-7-15;15-8-3-1-7(2-4-8)10-5-9(14(16,17)18)12-19-11(13(22)23)6-21(12)20-10/h6-9,12-13H,10-11,14H2,1-5H3;1-6H,(H,22,23). The minimum absolute atomic E-state index is 0.0532. The number of hydrogen-bond acceptors (Lipinski definition) is 8. The highest BCUT2D eigenvalue weighted by Crippen LogP contribution is 2.36. The summed E-state index contributed by atoms with van der Waals surface area (Å²) in [7, 11) is 0. The molecule has 0 spiro atoms. The highest BCUT2D eigenvalue weighted by atomic mass is 19.4. The molecule has 5 heterocycles. The molecule has 13 nitrogen and oxygen atoms in total. The van der Waals surface area contributed by atoms with E-state index in [1.54, 1.807) is 34.6 Å². The summed E-state index contributed by atoms with van der Waals surface area (Å²) >= 11 is 0. The van der Waals surface area contributed by atoms with Crippen LogP contribution in [-0.2, 0) is 17.1 Å². The first-order valence-electron chi connectivity index (χ1n) is 17.8. The van der Waals surface area contributed by atoms with Gasteiger partial charge in [-0.15, -0.1) is 0 Å². The Hall–Kier alpha value is -6.67. The third kappa shape index (κ3) is 9.29. The lowest BCUT2D eigenvalue weighted by atomic mass is 9.98. The monoisotopic (exact) mass is 846 g/mol. The fraction of sp³-hybridized carbons (Fsp3) is 0.308. The summed E-state index contributed by atoms with van der Waals surface area (Å²) in [6.07, 6.45) is -7.99. The first-order valence-corrected chi connectivity index (χ1v) is 17.8. The zero-order chi connectivity index (χ0) is 44.1. The van der Waals surface area contributed by atoms with Gasteiger partial charge in [-0.1, -0.05) is 0 Å². The summed E-state index contributed by atoms with van der Waals surface area (Å²) in [4.78, 5) is 47.2. The number of piperazine rings is 1. The minimum Gasteiger partial charge on any atom is -0.476 e. The minimum atomic E-state index is -4.77. The van der Waals surface area contributed by atoms with E-state index in [9.17, 15) is 49.5 Å². The molecule has 7 rings (SSSR count). The Kier molecular flexibility index (Phi) is 11.1. The summed E-state index contributed by atoms with van der Waals surface area (Å²) in [6.45, 7) is 9.27. The van der Waals surface area contributed by atoms with Crippen molar-refractivity contribution in [1.29, 1.82) is 0 Å². The average Bonchev–Trinajstić information content (AvgIpc) is 3.78. The number of alkyl halides is 6. The highest BCUT2D eigenvalue weighted by molar-refractivity contribution is 5.94. The molecule has 1 fully saturated rings. The summed E-state index contributed by atoms with van der Waals surface area (Å²) < 4.78 is 115. The van der Waals surface area contributed by atoms with Crippen molar-refractivity contribution in [2.24, 2.45) is 0 Å². The van der Waals surface area contributed by atoms with E-state index < -0.39 is 81.2 Å². The lowest BCUT2D eigenvalue weighted by Gasteiger charge is -2.46. The van der Waals surface area contributed by atoms with Crippen molar-refractivity contribution < 1.29 is 59.4 Å². The van der Waals surface area contributed by atoms with Gasteiger partial charge in [-0.2, -0.15) is 36.5 Å². The van der Waals surface area contributed by atoms with Crippen molar-refractivity contribution in [2.45, 2.75) is 58.1 Å². The predicted molar refractivity (Wildman–Crippen MR) is 197 cm³/mol. The molecule has 1 aliphatic rings. The van der Waals surface area contributed by atoms with Gasteiger partial charge in [0.15, 0.2) is 17.0 Å². The van der Waals surface area contributed by atoms with Crippen LogP contribution in [0, 0.1) is 11.6 Å². The molecule has 0 saturated carbocycles. The molecule has 0 bridgehead atoms. The Morgan fingerprint density at radius 3 is 1.53 bits per heavy atom. The number of ether oxygens (including phenoxy) is 1. The lowest BCUT2D eigenvalue weighted by molar-refractivity contribution is -0.137. The molecule has 60 heavy (non-hydrogen) atoms. The van der Waals surface area contributed by atoms with E-state index in [2.05, 4.69) is 20.2 Å². The quantitative estimate of drug-likeness (QED) is 0.173. The van der Waals surface area contributed by atoms with Crippen molar-refractivity contribution in [3.05, 3.63) is 107 Å². The number of nitrogens with zero attached hydrogens (tertiary/aromatic N) is 8.